The van der Waals surface area contributed by atoms with Crippen LogP contribution in [0.2, 0.25) is 0 Å². The number of anilines is 2. The number of carbonyl (C=O) groups is 1. The first-order valence-electron chi connectivity index (χ1n) is 12.7. The van der Waals surface area contributed by atoms with Gasteiger partial charge < -0.3 is 19.7 Å². The lowest BCUT2D eigenvalue weighted by molar-refractivity contribution is -0.121. The zero-order valence-electron chi connectivity index (χ0n) is 21.4. The van der Waals surface area contributed by atoms with Gasteiger partial charge in [0.15, 0.2) is 11.5 Å². The summed E-state index contributed by atoms with van der Waals surface area (Å²) < 4.78 is 37.3. The SMILES string of the molecule is CC1CCN(c2ccc(C(C)NC(=O)CCCN(c3ccc4c(c3)OCCO4)S(C)(=O)=O)cc2)CC1. The van der Waals surface area contributed by atoms with Gasteiger partial charge in [-0.05, 0) is 61.9 Å². The second-order valence-electron chi connectivity index (χ2n) is 9.82. The van der Waals surface area contributed by atoms with E-state index in [-0.39, 0.29) is 24.9 Å². The molecule has 2 heterocycles. The van der Waals surface area contributed by atoms with Crippen molar-refractivity contribution >= 4 is 27.3 Å². The largest absolute Gasteiger partial charge is 0.486 e. The predicted molar refractivity (Wildman–Crippen MR) is 142 cm³/mol. The van der Waals surface area contributed by atoms with Crippen LogP contribution >= 0.6 is 0 Å². The summed E-state index contributed by atoms with van der Waals surface area (Å²) in [6.07, 6.45) is 4.23. The number of hydrogen-bond donors (Lipinski definition) is 1. The van der Waals surface area contributed by atoms with Gasteiger partial charge in [0.25, 0.3) is 0 Å². The summed E-state index contributed by atoms with van der Waals surface area (Å²) >= 11 is 0. The highest BCUT2D eigenvalue weighted by atomic mass is 32.2. The molecular weight excluding hydrogens is 478 g/mol. The van der Waals surface area contributed by atoms with Crippen LogP contribution in [0.1, 0.15) is 51.1 Å². The standard InChI is InChI=1S/C27H37N3O5S/c1-20-12-15-29(16-13-20)23-8-6-22(7-9-23)21(2)28-27(31)5-4-14-30(36(3,32)33)24-10-11-25-26(19-24)35-18-17-34-25/h6-11,19-21H,4-5,12-18H2,1-3H3,(H,28,31). The maximum atomic E-state index is 12.6. The molecule has 1 N–H and O–H groups in total. The van der Waals surface area contributed by atoms with Crippen LogP contribution in [0.4, 0.5) is 11.4 Å². The summed E-state index contributed by atoms with van der Waals surface area (Å²) in [6, 6.07) is 13.4. The smallest absolute Gasteiger partial charge is 0.232 e. The molecule has 2 aromatic carbocycles. The fraction of sp³-hybridized carbons (Fsp3) is 0.519. The van der Waals surface area contributed by atoms with Crippen LogP contribution in [0.25, 0.3) is 0 Å². The molecule has 4 rings (SSSR count). The zero-order chi connectivity index (χ0) is 25.7. The van der Waals surface area contributed by atoms with Crippen LogP contribution in [0.15, 0.2) is 42.5 Å². The van der Waals surface area contributed by atoms with Crippen molar-refractivity contribution < 1.29 is 22.7 Å². The predicted octanol–water partition coefficient (Wildman–Crippen LogP) is 4.12. The quantitative estimate of drug-likeness (QED) is 0.541. The van der Waals surface area contributed by atoms with E-state index in [9.17, 15) is 13.2 Å². The van der Waals surface area contributed by atoms with Crippen molar-refractivity contribution in [2.75, 3.05) is 48.3 Å². The molecule has 2 aromatic rings. The van der Waals surface area contributed by atoms with Crippen molar-refractivity contribution in [2.24, 2.45) is 5.92 Å². The number of amides is 1. The minimum Gasteiger partial charge on any atom is -0.486 e. The molecule has 8 nitrogen and oxygen atoms in total. The highest BCUT2D eigenvalue weighted by Crippen LogP contribution is 2.34. The average molecular weight is 516 g/mol. The zero-order valence-corrected chi connectivity index (χ0v) is 22.2. The average Bonchev–Trinajstić information content (AvgIpc) is 2.86. The van der Waals surface area contributed by atoms with E-state index in [1.165, 1.54) is 29.1 Å². The van der Waals surface area contributed by atoms with Gasteiger partial charge >= 0.3 is 0 Å². The van der Waals surface area contributed by atoms with Gasteiger partial charge in [-0.25, -0.2) is 8.42 Å². The van der Waals surface area contributed by atoms with Crippen molar-refractivity contribution in [1.29, 1.82) is 0 Å². The lowest BCUT2D eigenvalue weighted by Gasteiger charge is -2.32. The minimum atomic E-state index is -3.52. The third-order valence-electron chi connectivity index (χ3n) is 6.90. The Labute approximate surface area is 214 Å². The molecule has 0 radical (unpaired) electrons. The number of hydrogen-bond acceptors (Lipinski definition) is 6. The van der Waals surface area contributed by atoms with Crippen LogP contribution in [-0.4, -0.2) is 53.4 Å². The first-order valence-corrected chi connectivity index (χ1v) is 14.6. The maximum absolute atomic E-state index is 12.6. The Hall–Kier alpha value is -2.94. The summed E-state index contributed by atoms with van der Waals surface area (Å²) in [4.78, 5) is 15.0. The van der Waals surface area contributed by atoms with Crippen molar-refractivity contribution in [3.8, 4) is 11.5 Å². The maximum Gasteiger partial charge on any atom is 0.232 e. The highest BCUT2D eigenvalue weighted by molar-refractivity contribution is 7.92. The van der Waals surface area contributed by atoms with Crippen LogP contribution in [0, 0.1) is 5.92 Å². The third kappa shape index (κ3) is 6.63. The molecule has 0 spiro atoms. The summed E-state index contributed by atoms with van der Waals surface area (Å²) in [5.41, 5.74) is 2.77. The van der Waals surface area contributed by atoms with Crippen LogP contribution in [0.5, 0.6) is 11.5 Å². The van der Waals surface area contributed by atoms with Crippen LogP contribution in [-0.2, 0) is 14.8 Å². The molecule has 1 fully saturated rings. The monoisotopic (exact) mass is 515 g/mol. The van der Waals surface area contributed by atoms with Crippen molar-refractivity contribution in [3.05, 3.63) is 48.0 Å². The van der Waals surface area contributed by atoms with Crippen molar-refractivity contribution in [1.82, 2.24) is 5.32 Å². The topological polar surface area (TPSA) is 88.2 Å². The molecule has 0 bridgehead atoms. The van der Waals surface area contributed by atoms with Gasteiger partial charge in [0.05, 0.1) is 18.0 Å². The molecule has 9 heteroatoms. The lowest BCUT2D eigenvalue weighted by atomic mass is 9.98. The number of carbonyl (C=O) groups excluding carboxylic acids is 1. The molecule has 0 aliphatic carbocycles. The molecule has 0 aromatic heterocycles. The number of ether oxygens (including phenoxy) is 2. The molecule has 2 aliphatic heterocycles. The molecule has 36 heavy (non-hydrogen) atoms. The molecule has 196 valence electrons. The molecule has 2 aliphatic rings. The van der Waals surface area contributed by atoms with Gasteiger partial charge in [-0.1, -0.05) is 19.1 Å². The summed E-state index contributed by atoms with van der Waals surface area (Å²) in [6.45, 7) is 7.54. The summed E-state index contributed by atoms with van der Waals surface area (Å²) in [5.74, 6) is 1.82. The van der Waals surface area contributed by atoms with Gasteiger partial charge in [-0.3, -0.25) is 9.10 Å². The Bertz CT molecular complexity index is 1140. The van der Waals surface area contributed by atoms with Gasteiger partial charge in [-0.15, -0.1) is 0 Å². The first-order chi connectivity index (χ1) is 17.2. The summed E-state index contributed by atoms with van der Waals surface area (Å²) in [5, 5.41) is 3.04. The van der Waals surface area contributed by atoms with Gasteiger partial charge in [0.2, 0.25) is 15.9 Å². The first kappa shape index (κ1) is 26.1. The number of benzene rings is 2. The Kier molecular flexibility index (Phi) is 8.28. The molecule has 1 unspecified atom stereocenters. The second kappa shape index (κ2) is 11.4. The van der Waals surface area contributed by atoms with E-state index < -0.39 is 10.0 Å². The van der Waals surface area contributed by atoms with Crippen molar-refractivity contribution in [3.63, 3.8) is 0 Å². The summed E-state index contributed by atoms with van der Waals surface area (Å²) in [7, 11) is -3.52. The fourth-order valence-corrected chi connectivity index (χ4v) is 5.65. The highest BCUT2D eigenvalue weighted by Gasteiger charge is 2.21. The van der Waals surface area contributed by atoms with E-state index in [2.05, 4.69) is 41.4 Å². The van der Waals surface area contributed by atoms with Crippen molar-refractivity contribution in [2.45, 2.75) is 45.6 Å². The molecule has 1 saturated heterocycles. The van der Waals surface area contributed by atoms with Crippen LogP contribution in [0.3, 0.4) is 0 Å². The Balaban J connectivity index is 1.29. The fourth-order valence-electron chi connectivity index (χ4n) is 4.69. The van der Waals surface area contributed by atoms with Gasteiger partial charge in [0, 0.05) is 37.8 Å². The van der Waals surface area contributed by atoms with E-state index in [0.29, 0.717) is 36.8 Å². The lowest BCUT2D eigenvalue weighted by Crippen LogP contribution is -2.33. The van der Waals surface area contributed by atoms with E-state index in [0.717, 1.165) is 24.6 Å². The number of piperidine rings is 1. The number of sulfonamides is 1. The van der Waals surface area contributed by atoms with Crippen LogP contribution < -0.4 is 24.0 Å². The number of rotatable bonds is 9. The third-order valence-corrected chi connectivity index (χ3v) is 8.09. The Morgan fingerprint density at radius 2 is 1.75 bits per heavy atom. The van der Waals surface area contributed by atoms with E-state index in [1.807, 2.05) is 6.92 Å². The van der Waals surface area contributed by atoms with E-state index in [1.54, 1.807) is 18.2 Å². The molecule has 1 amide bonds. The Morgan fingerprint density at radius 3 is 2.42 bits per heavy atom. The van der Waals surface area contributed by atoms with Gasteiger partial charge in [-0.2, -0.15) is 0 Å². The molecule has 1 atom stereocenters. The number of nitrogens with zero attached hydrogens (tertiary/aromatic N) is 2. The Morgan fingerprint density at radius 1 is 1.08 bits per heavy atom. The molecular formula is C27H37N3O5S. The minimum absolute atomic E-state index is 0.104. The van der Waals surface area contributed by atoms with E-state index >= 15 is 0 Å². The normalized spacial score (nSPS) is 16.9. The number of fused-ring (bicyclic) bond motifs is 1. The molecule has 0 saturated carbocycles. The van der Waals surface area contributed by atoms with E-state index in [4.69, 9.17) is 9.47 Å². The van der Waals surface area contributed by atoms with Gasteiger partial charge in [0.1, 0.15) is 13.2 Å². The number of nitrogens with one attached hydrogen (secondary N) is 1. The second-order valence-corrected chi connectivity index (χ2v) is 11.7.